The highest BCUT2D eigenvalue weighted by Gasteiger charge is 2.29. The molecule has 2 rings (SSSR count). The average Bonchev–Trinajstić information content (AvgIpc) is 2.67. The molecule has 3 amide bonds. The molecule has 0 radical (unpaired) electrons. The van der Waals surface area contributed by atoms with E-state index in [2.05, 4.69) is 10.6 Å². The van der Waals surface area contributed by atoms with E-state index in [0.29, 0.717) is 6.54 Å². The number of rotatable bonds is 5. The lowest BCUT2D eigenvalue weighted by molar-refractivity contribution is -0.131. The summed E-state index contributed by atoms with van der Waals surface area (Å²) >= 11 is 0. The average molecular weight is 381 g/mol. The van der Waals surface area contributed by atoms with E-state index < -0.39 is 29.5 Å². The molecule has 2 N–H and O–H groups in total. The third-order valence-electron chi connectivity index (χ3n) is 4.81. The second kappa shape index (κ2) is 8.92. The minimum Gasteiger partial charge on any atom is -0.351 e. The van der Waals surface area contributed by atoms with Crippen LogP contribution in [0.5, 0.6) is 0 Å². The van der Waals surface area contributed by atoms with Gasteiger partial charge in [-0.25, -0.2) is 8.78 Å². The van der Waals surface area contributed by atoms with Crippen molar-refractivity contribution in [2.45, 2.75) is 45.2 Å². The molecule has 6 nitrogen and oxygen atoms in total. The Labute approximate surface area is 157 Å². The van der Waals surface area contributed by atoms with Gasteiger partial charge in [-0.1, -0.05) is 6.92 Å². The van der Waals surface area contributed by atoms with Gasteiger partial charge in [0.05, 0.1) is 6.42 Å². The van der Waals surface area contributed by atoms with Gasteiger partial charge >= 0.3 is 0 Å². The smallest absolute Gasteiger partial charge is 0.242 e. The fourth-order valence-corrected chi connectivity index (χ4v) is 3.03. The van der Waals surface area contributed by atoms with Gasteiger partial charge in [-0.15, -0.1) is 0 Å². The van der Waals surface area contributed by atoms with Crippen molar-refractivity contribution in [3.8, 4) is 0 Å². The highest BCUT2D eigenvalue weighted by atomic mass is 19.1. The SMILES string of the molecule is CC1CCN(C)C(=O)CC1NC(=O)[C@H](C)NC(=O)Cc1cc(F)cc(F)c1. The Balaban J connectivity index is 1.90. The number of hydrogen-bond donors (Lipinski definition) is 2. The minimum atomic E-state index is -0.834. The Bertz CT molecular complexity index is 706. The van der Waals surface area contributed by atoms with E-state index in [1.807, 2.05) is 6.92 Å². The number of benzene rings is 1. The second-order valence-corrected chi connectivity index (χ2v) is 7.14. The summed E-state index contributed by atoms with van der Waals surface area (Å²) in [4.78, 5) is 38.1. The first-order valence-corrected chi connectivity index (χ1v) is 8.94. The lowest BCUT2D eigenvalue weighted by atomic mass is 9.96. The zero-order valence-corrected chi connectivity index (χ0v) is 15.7. The van der Waals surface area contributed by atoms with Crippen LogP contribution in [-0.4, -0.2) is 48.3 Å². The van der Waals surface area contributed by atoms with E-state index in [1.54, 1.807) is 11.9 Å². The summed E-state index contributed by atoms with van der Waals surface area (Å²) in [5.74, 6) is -2.35. The quantitative estimate of drug-likeness (QED) is 0.809. The first-order chi connectivity index (χ1) is 12.7. The molecule has 0 spiro atoms. The molecule has 1 fully saturated rings. The van der Waals surface area contributed by atoms with Gasteiger partial charge in [-0.3, -0.25) is 14.4 Å². The van der Waals surface area contributed by atoms with Crippen molar-refractivity contribution in [1.29, 1.82) is 0 Å². The summed E-state index contributed by atoms with van der Waals surface area (Å²) in [6.07, 6.45) is 0.751. The van der Waals surface area contributed by atoms with Gasteiger partial charge in [0.1, 0.15) is 17.7 Å². The van der Waals surface area contributed by atoms with Gasteiger partial charge in [0.15, 0.2) is 0 Å². The van der Waals surface area contributed by atoms with Gasteiger partial charge in [0.2, 0.25) is 17.7 Å². The minimum absolute atomic E-state index is 0.0329. The molecule has 1 aliphatic rings. The molecule has 1 aromatic rings. The fourth-order valence-electron chi connectivity index (χ4n) is 3.03. The maximum atomic E-state index is 13.2. The molecule has 1 saturated heterocycles. The van der Waals surface area contributed by atoms with Crippen LogP contribution in [0.2, 0.25) is 0 Å². The highest BCUT2D eigenvalue weighted by Crippen LogP contribution is 2.18. The number of hydrogen-bond acceptors (Lipinski definition) is 3. The third kappa shape index (κ3) is 6.01. The Kier molecular flexibility index (Phi) is 6.87. The third-order valence-corrected chi connectivity index (χ3v) is 4.81. The van der Waals surface area contributed by atoms with Crippen molar-refractivity contribution in [1.82, 2.24) is 15.5 Å². The molecule has 2 unspecified atom stereocenters. The highest BCUT2D eigenvalue weighted by molar-refractivity contribution is 5.88. The van der Waals surface area contributed by atoms with E-state index in [9.17, 15) is 23.2 Å². The molecular formula is C19H25F2N3O3. The second-order valence-electron chi connectivity index (χ2n) is 7.14. The van der Waals surface area contributed by atoms with Gasteiger partial charge < -0.3 is 15.5 Å². The topological polar surface area (TPSA) is 78.5 Å². The summed E-state index contributed by atoms with van der Waals surface area (Å²) in [5, 5.41) is 5.34. The fraction of sp³-hybridized carbons (Fsp3) is 0.526. The zero-order chi connectivity index (χ0) is 20.1. The van der Waals surface area contributed by atoms with Crippen molar-refractivity contribution in [3.05, 3.63) is 35.4 Å². The molecule has 0 aliphatic carbocycles. The predicted molar refractivity (Wildman–Crippen MR) is 95.6 cm³/mol. The molecule has 0 aromatic heterocycles. The van der Waals surface area contributed by atoms with Crippen molar-refractivity contribution in [3.63, 3.8) is 0 Å². The normalized spacial score (nSPS) is 21.4. The van der Waals surface area contributed by atoms with E-state index >= 15 is 0 Å². The molecule has 1 aliphatic heterocycles. The van der Waals surface area contributed by atoms with E-state index in [-0.39, 0.29) is 36.3 Å². The summed E-state index contributed by atoms with van der Waals surface area (Å²) in [6.45, 7) is 4.14. The monoisotopic (exact) mass is 381 g/mol. The largest absolute Gasteiger partial charge is 0.351 e. The number of amides is 3. The summed E-state index contributed by atoms with van der Waals surface area (Å²) < 4.78 is 26.4. The van der Waals surface area contributed by atoms with Crippen molar-refractivity contribution >= 4 is 17.7 Å². The van der Waals surface area contributed by atoms with E-state index in [0.717, 1.165) is 24.6 Å². The van der Waals surface area contributed by atoms with Crippen LogP contribution in [0, 0.1) is 17.6 Å². The lowest BCUT2D eigenvalue weighted by Crippen LogP contribution is -2.50. The van der Waals surface area contributed by atoms with Crippen LogP contribution in [0.4, 0.5) is 8.78 Å². The zero-order valence-electron chi connectivity index (χ0n) is 15.7. The Morgan fingerprint density at radius 2 is 1.89 bits per heavy atom. The van der Waals surface area contributed by atoms with Crippen LogP contribution in [0.1, 0.15) is 32.3 Å². The Morgan fingerprint density at radius 1 is 1.26 bits per heavy atom. The maximum Gasteiger partial charge on any atom is 0.242 e. The molecule has 8 heteroatoms. The van der Waals surface area contributed by atoms with Crippen LogP contribution >= 0.6 is 0 Å². The molecule has 0 saturated carbocycles. The number of carbonyl (C=O) groups is 3. The summed E-state index contributed by atoms with van der Waals surface area (Å²) in [5.41, 5.74) is 0.184. The predicted octanol–water partition coefficient (Wildman–Crippen LogP) is 1.39. The number of carbonyl (C=O) groups excluding carboxylic acids is 3. The van der Waals surface area contributed by atoms with Crippen LogP contribution in [-0.2, 0) is 20.8 Å². The van der Waals surface area contributed by atoms with Gasteiger partial charge in [-0.2, -0.15) is 0 Å². The van der Waals surface area contributed by atoms with E-state index in [1.165, 1.54) is 6.92 Å². The standard InChI is InChI=1S/C19H25F2N3O3/c1-11-4-5-24(3)18(26)10-16(11)23-19(27)12(2)22-17(25)8-13-6-14(20)9-15(21)7-13/h6-7,9,11-12,16H,4-5,8,10H2,1-3H3,(H,22,25)(H,23,27)/t11?,12-,16?/m0/s1. The van der Waals surface area contributed by atoms with Crippen LogP contribution < -0.4 is 10.6 Å². The molecule has 148 valence electrons. The Hall–Kier alpha value is -2.51. The van der Waals surface area contributed by atoms with Crippen LogP contribution in [0.15, 0.2) is 18.2 Å². The first kappa shape index (κ1) is 20.8. The first-order valence-electron chi connectivity index (χ1n) is 8.94. The number of halogens is 2. The molecule has 0 bridgehead atoms. The summed E-state index contributed by atoms with van der Waals surface area (Å²) in [6, 6.07) is 1.74. The van der Waals surface area contributed by atoms with Gasteiger partial charge in [0.25, 0.3) is 0 Å². The Morgan fingerprint density at radius 3 is 2.52 bits per heavy atom. The molecule has 3 atom stereocenters. The number of nitrogens with zero attached hydrogens (tertiary/aromatic N) is 1. The number of likely N-dealkylation sites (tertiary alicyclic amines) is 1. The molecular weight excluding hydrogens is 356 g/mol. The number of nitrogens with one attached hydrogen (secondary N) is 2. The van der Waals surface area contributed by atoms with E-state index in [4.69, 9.17) is 0 Å². The molecule has 27 heavy (non-hydrogen) atoms. The summed E-state index contributed by atoms with van der Waals surface area (Å²) in [7, 11) is 1.73. The van der Waals surface area contributed by atoms with Crippen molar-refractivity contribution in [2.24, 2.45) is 5.92 Å². The van der Waals surface area contributed by atoms with Crippen molar-refractivity contribution < 1.29 is 23.2 Å². The lowest BCUT2D eigenvalue weighted by Gasteiger charge is -2.24. The molecule has 1 aromatic carbocycles. The van der Waals surface area contributed by atoms with Gasteiger partial charge in [0, 0.05) is 32.1 Å². The maximum absolute atomic E-state index is 13.2. The van der Waals surface area contributed by atoms with Gasteiger partial charge in [-0.05, 0) is 37.0 Å². The van der Waals surface area contributed by atoms with Crippen molar-refractivity contribution in [2.75, 3.05) is 13.6 Å². The van der Waals surface area contributed by atoms with Crippen LogP contribution in [0.25, 0.3) is 0 Å². The molecule has 1 heterocycles. The van der Waals surface area contributed by atoms with Crippen LogP contribution in [0.3, 0.4) is 0 Å².